The number of carbonyl (C=O) groups excluding carboxylic acids is 1. The third kappa shape index (κ3) is 3.65. The van der Waals surface area contributed by atoms with Gasteiger partial charge in [0.15, 0.2) is 21.4 Å². The average molecular weight is 469 g/mol. The van der Waals surface area contributed by atoms with E-state index in [1.807, 2.05) is 0 Å². The first kappa shape index (κ1) is 22.2. The third-order valence-electron chi connectivity index (χ3n) is 6.62. The normalized spacial score (nSPS) is 25.3. The van der Waals surface area contributed by atoms with Gasteiger partial charge >= 0.3 is 0 Å². The molecule has 2 aromatic carbocycles. The molecule has 4 rings (SSSR count). The highest BCUT2D eigenvalue weighted by Crippen LogP contribution is 2.57. The predicted molar refractivity (Wildman–Crippen MR) is 113 cm³/mol. The highest BCUT2D eigenvalue weighted by atomic mass is 35.5. The molecule has 0 spiro atoms. The number of ketones is 1. The fourth-order valence-electron chi connectivity index (χ4n) is 5.10. The van der Waals surface area contributed by atoms with Crippen LogP contribution in [0.15, 0.2) is 41.3 Å². The number of hydrogen-bond donors (Lipinski definition) is 0. The Balaban J connectivity index is 1.87. The van der Waals surface area contributed by atoms with Crippen molar-refractivity contribution in [3.63, 3.8) is 0 Å². The van der Waals surface area contributed by atoms with Crippen molar-refractivity contribution < 1.29 is 26.7 Å². The Bertz CT molecular complexity index is 1120. The van der Waals surface area contributed by atoms with Crippen LogP contribution in [0, 0.1) is 23.5 Å². The molecule has 0 bridgehead atoms. The van der Waals surface area contributed by atoms with E-state index >= 15 is 4.39 Å². The van der Waals surface area contributed by atoms with Crippen molar-refractivity contribution in [2.75, 3.05) is 6.61 Å². The summed E-state index contributed by atoms with van der Waals surface area (Å²) in [5.41, 5.74) is -0.219. The summed E-state index contributed by atoms with van der Waals surface area (Å²) >= 11 is 5.94. The van der Waals surface area contributed by atoms with Crippen LogP contribution in [-0.4, -0.2) is 20.8 Å². The molecule has 0 amide bonds. The van der Waals surface area contributed by atoms with E-state index in [0.29, 0.717) is 30.7 Å². The Morgan fingerprint density at radius 2 is 1.84 bits per heavy atom. The van der Waals surface area contributed by atoms with Crippen LogP contribution in [0.3, 0.4) is 0 Å². The van der Waals surface area contributed by atoms with Crippen LogP contribution in [0.2, 0.25) is 5.02 Å². The Morgan fingerprint density at radius 1 is 1.16 bits per heavy atom. The maximum atomic E-state index is 15.2. The Hall–Kier alpha value is -1.99. The molecule has 0 aromatic heterocycles. The monoisotopic (exact) mass is 468 g/mol. The molecule has 1 heterocycles. The summed E-state index contributed by atoms with van der Waals surface area (Å²) < 4.78 is 61.7. The molecule has 0 N–H and O–H groups in total. The maximum Gasteiger partial charge on any atom is 0.188 e. The number of benzene rings is 2. The van der Waals surface area contributed by atoms with Crippen molar-refractivity contribution in [2.24, 2.45) is 11.8 Å². The van der Waals surface area contributed by atoms with Gasteiger partial charge in [-0.3, -0.25) is 0 Å². The van der Waals surface area contributed by atoms with E-state index in [4.69, 9.17) is 16.3 Å². The van der Waals surface area contributed by atoms with Crippen molar-refractivity contribution in [3.8, 4) is 5.75 Å². The molecular formula is C23H23ClF2O4S. The van der Waals surface area contributed by atoms with Crippen molar-refractivity contribution in [1.82, 2.24) is 0 Å². The lowest BCUT2D eigenvalue weighted by atomic mass is 9.68. The number of Topliss-reactive ketones (excluding diaryl/α,β-unsaturated/α-hetero) is 1. The van der Waals surface area contributed by atoms with Crippen LogP contribution in [0.25, 0.3) is 0 Å². The quantitative estimate of drug-likeness (QED) is 0.584. The van der Waals surface area contributed by atoms with Crippen LogP contribution in [0.5, 0.6) is 5.75 Å². The molecule has 1 aliphatic heterocycles. The van der Waals surface area contributed by atoms with Gasteiger partial charge in [0.1, 0.15) is 16.3 Å². The van der Waals surface area contributed by atoms with Crippen LogP contribution < -0.4 is 4.74 Å². The second-order valence-corrected chi connectivity index (χ2v) is 11.1. The van der Waals surface area contributed by atoms with Crippen molar-refractivity contribution >= 4 is 27.2 Å². The number of fused-ring (bicyclic) bond motifs is 3. The zero-order chi connectivity index (χ0) is 22.4. The number of hydrogen-bond acceptors (Lipinski definition) is 4. The van der Waals surface area contributed by atoms with E-state index in [2.05, 4.69) is 0 Å². The number of sulfone groups is 1. The summed E-state index contributed by atoms with van der Waals surface area (Å²) in [5.74, 6) is -2.27. The van der Waals surface area contributed by atoms with E-state index < -0.39 is 32.1 Å². The lowest BCUT2D eigenvalue weighted by Crippen LogP contribution is -2.52. The van der Waals surface area contributed by atoms with Gasteiger partial charge in [0.2, 0.25) is 0 Å². The molecule has 8 heteroatoms. The highest BCUT2D eigenvalue weighted by molar-refractivity contribution is 7.92. The Kier molecular flexibility index (Phi) is 5.85. The number of rotatable bonds is 5. The highest BCUT2D eigenvalue weighted by Gasteiger charge is 2.59. The fraction of sp³-hybridized carbons (Fsp3) is 0.435. The molecule has 166 valence electrons. The zero-order valence-electron chi connectivity index (χ0n) is 17.0. The summed E-state index contributed by atoms with van der Waals surface area (Å²) in [5, 5.41) is 0.380. The Labute approximate surface area is 185 Å². The summed E-state index contributed by atoms with van der Waals surface area (Å²) in [6.07, 6.45) is 2.12. The third-order valence-corrected chi connectivity index (χ3v) is 9.47. The fourth-order valence-corrected chi connectivity index (χ4v) is 7.59. The van der Waals surface area contributed by atoms with Gasteiger partial charge in [-0.2, -0.15) is 0 Å². The maximum absolute atomic E-state index is 15.2. The van der Waals surface area contributed by atoms with Crippen molar-refractivity contribution in [3.05, 3.63) is 58.6 Å². The second kappa shape index (κ2) is 8.17. The molecular weight excluding hydrogens is 446 g/mol. The topological polar surface area (TPSA) is 60.4 Å². The minimum absolute atomic E-state index is 0.0144. The van der Waals surface area contributed by atoms with Crippen LogP contribution in [0.4, 0.5) is 8.78 Å². The molecule has 2 aromatic rings. The summed E-state index contributed by atoms with van der Waals surface area (Å²) in [6.45, 7) is 1.49. The van der Waals surface area contributed by atoms with Gasteiger partial charge in [-0.25, -0.2) is 17.2 Å². The smallest absolute Gasteiger partial charge is 0.188 e. The van der Waals surface area contributed by atoms with Gasteiger partial charge in [0.25, 0.3) is 0 Å². The zero-order valence-corrected chi connectivity index (χ0v) is 18.6. The van der Waals surface area contributed by atoms with Gasteiger partial charge in [-0.1, -0.05) is 11.6 Å². The molecule has 3 atom stereocenters. The number of halogens is 3. The van der Waals surface area contributed by atoms with Gasteiger partial charge in [0.05, 0.1) is 17.1 Å². The van der Waals surface area contributed by atoms with Gasteiger partial charge < -0.3 is 9.53 Å². The molecule has 31 heavy (non-hydrogen) atoms. The molecule has 0 unspecified atom stereocenters. The standard InChI is InChI=1S/C23H23ClF2O4S/c1-14(27)2-3-15-10-11-23(31(28,29)18-6-4-17(24)5-7-18)16(12-15)13-30-22-20(26)9-8-19(25)21(22)23/h4-9,15-16H,2-3,10-13H2,1H3/t15-,16-,23+/m1/s1. The minimum atomic E-state index is -4.12. The molecule has 0 radical (unpaired) electrons. The van der Waals surface area contributed by atoms with Crippen LogP contribution in [-0.2, 0) is 19.4 Å². The lowest BCUT2D eigenvalue weighted by molar-refractivity contribution is -0.117. The Morgan fingerprint density at radius 3 is 2.52 bits per heavy atom. The molecule has 2 aliphatic rings. The van der Waals surface area contributed by atoms with Crippen LogP contribution >= 0.6 is 11.6 Å². The summed E-state index contributed by atoms with van der Waals surface area (Å²) in [4.78, 5) is 11.4. The SMILES string of the molecule is CC(=O)CC[C@@H]1CC[C@@]2(S(=O)(=O)c3ccc(Cl)cc3)c3c(F)ccc(F)c3OC[C@H]2C1. The van der Waals surface area contributed by atoms with E-state index in [-0.39, 0.29) is 40.9 Å². The molecule has 1 saturated carbocycles. The van der Waals surface area contributed by atoms with Crippen molar-refractivity contribution in [1.29, 1.82) is 0 Å². The molecule has 1 aliphatic carbocycles. The first-order valence-corrected chi connectivity index (χ1v) is 12.1. The first-order chi connectivity index (χ1) is 14.7. The largest absolute Gasteiger partial charge is 0.490 e. The van der Waals surface area contributed by atoms with E-state index in [0.717, 1.165) is 12.1 Å². The lowest BCUT2D eigenvalue weighted by Gasteiger charge is -2.49. The summed E-state index contributed by atoms with van der Waals surface area (Å²) in [7, 11) is -4.12. The van der Waals surface area contributed by atoms with Gasteiger partial charge in [0, 0.05) is 17.4 Å². The molecule has 0 saturated heterocycles. The predicted octanol–water partition coefficient (Wildman–Crippen LogP) is 5.47. The van der Waals surface area contributed by atoms with E-state index in [9.17, 15) is 17.6 Å². The van der Waals surface area contributed by atoms with Crippen LogP contribution in [0.1, 0.15) is 44.6 Å². The van der Waals surface area contributed by atoms with E-state index in [1.165, 1.54) is 31.2 Å². The van der Waals surface area contributed by atoms with Crippen molar-refractivity contribution in [2.45, 2.75) is 48.7 Å². The summed E-state index contributed by atoms with van der Waals surface area (Å²) in [6, 6.07) is 7.66. The molecule has 4 nitrogen and oxygen atoms in total. The number of carbonyl (C=O) groups is 1. The number of ether oxygens (including phenoxy) is 1. The second-order valence-electron chi connectivity index (χ2n) is 8.47. The average Bonchev–Trinajstić information content (AvgIpc) is 2.74. The molecule has 1 fully saturated rings. The van der Waals surface area contributed by atoms with Gasteiger partial charge in [-0.05, 0) is 74.9 Å². The van der Waals surface area contributed by atoms with Gasteiger partial charge in [-0.15, -0.1) is 0 Å². The van der Waals surface area contributed by atoms with E-state index in [1.54, 1.807) is 0 Å². The minimum Gasteiger partial charge on any atom is -0.490 e. The first-order valence-electron chi connectivity index (χ1n) is 10.3.